The summed E-state index contributed by atoms with van der Waals surface area (Å²) in [5.41, 5.74) is 0.327. The van der Waals surface area contributed by atoms with E-state index < -0.39 is 0 Å². The lowest BCUT2D eigenvalue weighted by Gasteiger charge is -2.42. The van der Waals surface area contributed by atoms with E-state index in [9.17, 15) is 4.79 Å². The van der Waals surface area contributed by atoms with Gasteiger partial charge in [0.05, 0.1) is 0 Å². The molecule has 0 atom stereocenters. The molecule has 0 aliphatic heterocycles. The van der Waals surface area contributed by atoms with E-state index >= 15 is 0 Å². The van der Waals surface area contributed by atoms with Crippen molar-refractivity contribution in [1.82, 2.24) is 10.6 Å². The molecule has 19 heavy (non-hydrogen) atoms. The van der Waals surface area contributed by atoms with Gasteiger partial charge in [-0.3, -0.25) is 4.79 Å². The summed E-state index contributed by atoms with van der Waals surface area (Å²) in [7, 11) is 1.91. The highest BCUT2D eigenvalue weighted by molar-refractivity contribution is 5.85. The fourth-order valence-electron chi connectivity index (χ4n) is 2.43. The fourth-order valence-corrected chi connectivity index (χ4v) is 2.43. The van der Waals surface area contributed by atoms with E-state index in [0.717, 1.165) is 39.1 Å². The number of hydrogen-bond acceptors (Lipinski definition) is 3. The van der Waals surface area contributed by atoms with Crippen LogP contribution < -0.4 is 10.6 Å². The van der Waals surface area contributed by atoms with E-state index in [-0.39, 0.29) is 18.3 Å². The zero-order valence-electron chi connectivity index (χ0n) is 12.3. The number of carbonyl (C=O) groups excluding carboxylic acids is 1. The minimum Gasteiger partial charge on any atom is -0.382 e. The molecule has 2 N–H and O–H groups in total. The van der Waals surface area contributed by atoms with Gasteiger partial charge in [0.25, 0.3) is 0 Å². The second kappa shape index (κ2) is 10.5. The van der Waals surface area contributed by atoms with Crippen LogP contribution in [0.4, 0.5) is 0 Å². The first-order valence-electron chi connectivity index (χ1n) is 7.21. The van der Waals surface area contributed by atoms with Crippen LogP contribution >= 0.6 is 12.4 Å². The maximum Gasteiger partial charge on any atom is 0.220 e. The second-order valence-corrected chi connectivity index (χ2v) is 5.28. The van der Waals surface area contributed by atoms with Crippen molar-refractivity contribution < 1.29 is 9.53 Å². The number of ether oxygens (including phenoxy) is 1. The van der Waals surface area contributed by atoms with E-state index in [0.29, 0.717) is 11.8 Å². The van der Waals surface area contributed by atoms with Crippen LogP contribution in [0, 0.1) is 5.41 Å². The Morgan fingerprint density at radius 2 is 2.11 bits per heavy atom. The van der Waals surface area contributed by atoms with Gasteiger partial charge in [-0.15, -0.1) is 12.4 Å². The predicted octanol–water partition coefficient (Wildman–Crippen LogP) is 2.12. The minimum absolute atomic E-state index is 0. The van der Waals surface area contributed by atoms with Crippen LogP contribution in [0.2, 0.25) is 0 Å². The highest BCUT2D eigenvalue weighted by Crippen LogP contribution is 2.43. The largest absolute Gasteiger partial charge is 0.382 e. The SMILES string of the molecule is CCOCCC1(CNC(=O)CCCNC)CCC1.Cl. The first kappa shape index (κ1) is 18.7. The van der Waals surface area contributed by atoms with Crippen LogP contribution in [0.15, 0.2) is 0 Å². The van der Waals surface area contributed by atoms with Crippen LogP contribution in [-0.2, 0) is 9.53 Å². The summed E-state index contributed by atoms with van der Waals surface area (Å²) in [6.45, 7) is 5.37. The molecular weight excluding hydrogens is 264 g/mol. The van der Waals surface area contributed by atoms with Gasteiger partial charge in [-0.05, 0) is 51.6 Å². The van der Waals surface area contributed by atoms with Crippen molar-refractivity contribution in [2.24, 2.45) is 5.41 Å². The van der Waals surface area contributed by atoms with E-state index in [4.69, 9.17) is 4.74 Å². The van der Waals surface area contributed by atoms with Crippen molar-refractivity contribution in [3.63, 3.8) is 0 Å². The molecule has 0 saturated heterocycles. The third-order valence-electron chi connectivity index (χ3n) is 3.89. The lowest BCUT2D eigenvalue weighted by Crippen LogP contribution is -2.43. The standard InChI is InChI=1S/C14H28N2O2.ClH/c1-3-18-11-9-14(7-5-8-14)12-16-13(17)6-4-10-15-2;/h15H,3-12H2,1-2H3,(H,16,17);1H. The molecule has 0 bridgehead atoms. The highest BCUT2D eigenvalue weighted by Gasteiger charge is 2.36. The number of amides is 1. The molecule has 1 fully saturated rings. The lowest BCUT2D eigenvalue weighted by molar-refractivity contribution is -0.122. The van der Waals surface area contributed by atoms with Gasteiger partial charge in [0.15, 0.2) is 0 Å². The molecule has 0 heterocycles. The van der Waals surface area contributed by atoms with Crippen LogP contribution in [0.5, 0.6) is 0 Å². The first-order valence-corrected chi connectivity index (χ1v) is 7.21. The average Bonchev–Trinajstić information content (AvgIpc) is 2.32. The maximum absolute atomic E-state index is 11.7. The van der Waals surface area contributed by atoms with Crippen molar-refractivity contribution in [1.29, 1.82) is 0 Å². The molecule has 1 aliphatic carbocycles. The molecule has 0 spiro atoms. The molecule has 0 aromatic heterocycles. The summed E-state index contributed by atoms with van der Waals surface area (Å²) in [4.78, 5) is 11.7. The molecule has 1 aliphatic rings. The normalized spacial score (nSPS) is 16.3. The van der Waals surface area contributed by atoms with Crippen molar-refractivity contribution in [2.75, 3.05) is 33.4 Å². The summed E-state index contributed by atoms with van der Waals surface area (Å²) < 4.78 is 5.43. The molecular formula is C14H29ClN2O2. The van der Waals surface area contributed by atoms with Gasteiger partial charge in [0.2, 0.25) is 5.91 Å². The van der Waals surface area contributed by atoms with E-state index in [1.54, 1.807) is 0 Å². The van der Waals surface area contributed by atoms with Gasteiger partial charge in [-0.1, -0.05) is 6.42 Å². The monoisotopic (exact) mass is 292 g/mol. The van der Waals surface area contributed by atoms with Crippen molar-refractivity contribution >= 4 is 18.3 Å². The Kier molecular flexibility index (Phi) is 10.3. The maximum atomic E-state index is 11.7. The number of halogens is 1. The minimum atomic E-state index is 0. The number of rotatable bonds is 10. The summed E-state index contributed by atoms with van der Waals surface area (Å²) in [6, 6.07) is 0. The third-order valence-corrected chi connectivity index (χ3v) is 3.89. The molecule has 114 valence electrons. The fraction of sp³-hybridized carbons (Fsp3) is 0.929. The predicted molar refractivity (Wildman–Crippen MR) is 80.8 cm³/mol. The summed E-state index contributed by atoms with van der Waals surface area (Å²) in [5.74, 6) is 0.188. The van der Waals surface area contributed by atoms with Crippen LogP contribution in [0.25, 0.3) is 0 Å². The quantitative estimate of drug-likeness (QED) is 0.607. The first-order chi connectivity index (χ1) is 8.72. The molecule has 0 radical (unpaired) electrons. The van der Waals surface area contributed by atoms with Gasteiger partial charge in [-0.25, -0.2) is 0 Å². The molecule has 0 unspecified atom stereocenters. The highest BCUT2D eigenvalue weighted by atomic mass is 35.5. The van der Waals surface area contributed by atoms with Crippen molar-refractivity contribution in [2.45, 2.75) is 45.4 Å². The molecule has 1 amide bonds. The Morgan fingerprint density at radius 1 is 1.37 bits per heavy atom. The van der Waals surface area contributed by atoms with Gasteiger partial charge in [-0.2, -0.15) is 0 Å². The number of carbonyl (C=O) groups is 1. The summed E-state index contributed by atoms with van der Waals surface area (Å²) >= 11 is 0. The Balaban J connectivity index is 0.00000324. The second-order valence-electron chi connectivity index (χ2n) is 5.28. The molecule has 1 rings (SSSR count). The zero-order chi connectivity index (χ0) is 13.3. The Morgan fingerprint density at radius 3 is 2.63 bits per heavy atom. The van der Waals surface area contributed by atoms with Crippen molar-refractivity contribution in [3.8, 4) is 0 Å². The molecule has 5 heteroatoms. The Hall–Kier alpha value is -0.320. The molecule has 1 saturated carbocycles. The summed E-state index contributed by atoms with van der Waals surface area (Å²) in [6.07, 6.45) is 6.38. The van der Waals surface area contributed by atoms with Crippen LogP contribution in [0.1, 0.15) is 45.4 Å². The van der Waals surface area contributed by atoms with Gasteiger partial charge >= 0.3 is 0 Å². The van der Waals surface area contributed by atoms with E-state index in [2.05, 4.69) is 10.6 Å². The van der Waals surface area contributed by atoms with E-state index in [1.165, 1.54) is 19.3 Å². The number of nitrogens with one attached hydrogen (secondary N) is 2. The van der Waals surface area contributed by atoms with Gasteiger partial charge in [0, 0.05) is 26.2 Å². The van der Waals surface area contributed by atoms with Gasteiger partial charge in [0.1, 0.15) is 0 Å². The van der Waals surface area contributed by atoms with E-state index in [1.807, 2.05) is 14.0 Å². The third kappa shape index (κ3) is 7.14. The topological polar surface area (TPSA) is 50.4 Å². The molecule has 0 aromatic rings. The Bertz CT molecular complexity index is 246. The number of hydrogen-bond donors (Lipinski definition) is 2. The summed E-state index contributed by atoms with van der Waals surface area (Å²) in [5, 5.41) is 6.14. The molecule has 0 aromatic carbocycles. The Labute approximate surface area is 123 Å². The van der Waals surface area contributed by atoms with Crippen LogP contribution in [-0.4, -0.2) is 39.3 Å². The lowest BCUT2D eigenvalue weighted by atomic mass is 9.66. The molecule has 4 nitrogen and oxygen atoms in total. The smallest absolute Gasteiger partial charge is 0.220 e. The van der Waals surface area contributed by atoms with Gasteiger partial charge < -0.3 is 15.4 Å². The van der Waals surface area contributed by atoms with Crippen molar-refractivity contribution in [3.05, 3.63) is 0 Å². The van der Waals surface area contributed by atoms with Crippen LogP contribution in [0.3, 0.4) is 0 Å². The zero-order valence-corrected chi connectivity index (χ0v) is 13.1. The average molecular weight is 293 g/mol.